The first-order valence-corrected chi connectivity index (χ1v) is 7.10. The molecule has 0 radical (unpaired) electrons. The maximum atomic E-state index is 11.8. The van der Waals surface area contributed by atoms with Gasteiger partial charge in [0.1, 0.15) is 6.61 Å². The highest BCUT2D eigenvalue weighted by Gasteiger charge is 2.15. The van der Waals surface area contributed by atoms with Crippen molar-refractivity contribution in [2.75, 3.05) is 39.4 Å². The van der Waals surface area contributed by atoms with Gasteiger partial charge in [0.15, 0.2) is 0 Å². The Morgan fingerprint density at radius 1 is 1.56 bits per heavy atom. The fourth-order valence-corrected chi connectivity index (χ4v) is 2.66. The zero-order valence-corrected chi connectivity index (χ0v) is 11.5. The van der Waals surface area contributed by atoms with E-state index in [1.807, 2.05) is 17.3 Å². The molecule has 1 amide bonds. The highest BCUT2D eigenvalue weighted by molar-refractivity contribution is 7.09. The van der Waals surface area contributed by atoms with E-state index < -0.39 is 0 Å². The average Bonchev–Trinajstić information content (AvgIpc) is 2.81. The molecule has 1 aliphatic rings. The minimum absolute atomic E-state index is 0.0949. The van der Waals surface area contributed by atoms with Crippen molar-refractivity contribution in [1.29, 1.82) is 0 Å². The molecule has 1 saturated heterocycles. The number of aromatic nitrogens is 1. The first-order valence-electron chi connectivity index (χ1n) is 6.22. The van der Waals surface area contributed by atoms with Crippen molar-refractivity contribution >= 4 is 17.2 Å². The third kappa shape index (κ3) is 3.76. The number of carbonyl (C=O) groups excluding carboxylic acids is 1. The maximum absolute atomic E-state index is 11.8. The molecule has 5 nitrogen and oxygen atoms in total. The number of hydrogen-bond donors (Lipinski definition) is 1. The first-order chi connectivity index (χ1) is 8.77. The van der Waals surface area contributed by atoms with E-state index in [9.17, 15) is 4.79 Å². The van der Waals surface area contributed by atoms with Gasteiger partial charge in [0.05, 0.1) is 17.8 Å². The number of piperazine rings is 1. The van der Waals surface area contributed by atoms with E-state index in [1.54, 1.807) is 11.3 Å². The third-order valence-corrected chi connectivity index (χ3v) is 4.01. The van der Waals surface area contributed by atoms with Gasteiger partial charge in [-0.2, -0.15) is 0 Å². The van der Waals surface area contributed by atoms with E-state index in [4.69, 9.17) is 4.74 Å². The summed E-state index contributed by atoms with van der Waals surface area (Å²) in [6.07, 6.45) is 0.839. The van der Waals surface area contributed by atoms with Crippen LogP contribution in [-0.4, -0.2) is 55.2 Å². The smallest absolute Gasteiger partial charge is 0.248 e. The van der Waals surface area contributed by atoms with Gasteiger partial charge in [0.25, 0.3) is 0 Å². The van der Waals surface area contributed by atoms with Crippen molar-refractivity contribution in [3.63, 3.8) is 0 Å². The van der Waals surface area contributed by atoms with Crippen molar-refractivity contribution in [3.8, 4) is 0 Å². The number of aryl methyl sites for hydroxylation is 1. The quantitative estimate of drug-likeness (QED) is 0.788. The van der Waals surface area contributed by atoms with E-state index in [1.165, 1.54) is 4.88 Å². The van der Waals surface area contributed by atoms with Crippen LogP contribution in [0.2, 0.25) is 0 Å². The summed E-state index contributed by atoms with van der Waals surface area (Å²) in [7, 11) is 0. The lowest BCUT2D eigenvalue weighted by atomic mass is 10.3. The Morgan fingerprint density at radius 2 is 2.33 bits per heavy atom. The van der Waals surface area contributed by atoms with Gasteiger partial charge in [0, 0.05) is 37.5 Å². The maximum Gasteiger partial charge on any atom is 0.248 e. The molecule has 0 aromatic carbocycles. The Labute approximate surface area is 111 Å². The normalized spacial score (nSPS) is 15.9. The van der Waals surface area contributed by atoms with Crippen LogP contribution in [0.5, 0.6) is 0 Å². The van der Waals surface area contributed by atoms with Crippen LogP contribution in [0.15, 0.2) is 5.51 Å². The van der Waals surface area contributed by atoms with Gasteiger partial charge in [-0.3, -0.25) is 4.79 Å². The second-order valence-electron chi connectivity index (χ2n) is 4.29. The van der Waals surface area contributed by atoms with Gasteiger partial charge in [0.2, 0.25) is 5.91 Å². The molecule has 1 fully saturated rings. The zero-order valence-electron chi connectivity index (χ0n) is 10.6. The first kappa shape index (κ1) is 13.5. The van der Waals surface area contributed by atoms with Crippen LogP contribution in [0.25, 0.3) is 0 Å². The molecule has 1 aromatic heterocycles. The number of amides is 1. The van der Waals surface area contributed by atoms with Crippen molar-refractivity contribution in [1.82, 2.24) is 15.2 Å². The third-order valence-electron chi connectivity index (χ3n) is 3.01. The fourth-order valence-electron chi connectivity index (χ4n) is 1.90. The highest BCUT2D eigenvalue weighted by atomic mass is 32.1. The lowest BCUT2D eigenvalue weighted by Gasteiger charge is -2.27. The summed E-state index contributed by atoms with van der Waals surface area (Å²) in [5.74, 6) is 0.0949. The summed E-state index contributed by atoms with van der Waals surface area (Å²) >= 11 is 1.64. The SMILES string of the molecule is Cc1ncsc1CCOCC(=O)N1CCNCC1. The largest absolute Gasteiger partial charge is 0.371 e. The Hall–Kier alpha value is -0.980. The van der Waals surface area contributed by atoms with Crippen LogP contribution >= 0.6 is 11.3 Å². The fraction of sp³-hybridized carbons (Fsp3) is 0.667. The molecule has 0 bridgehead atoms. The summed E-state index contributed by atoms with van der Waals surface area (Å²) in [5.41, 5.74) is 2.91. The molecule has 18 heavy (non-hydrogen) atoms. The van der Waals surface area contributed by atoms with Crippen molar-refractivity contribution in [2.24, 2.45) is 0 Å². The summed E-state index contributed by atoms with van der Waals surface area (Å²) in [5, 5.41) is 3.22. The average molecular weight is 269 g/mol. The van der Waals surface area contributed by atoms with Crippen LogP contribution in [0, 0.1) is 6.92 Å². The summed E-state index contributed by atoms with van der Waals surface area (Å²) < 4.78 is 5.44. The van der Waals surface area contributed by atoms with Gasteiger partial charge in [-0.15, -0.1) is 11.3 Å². The molecule has 2 rings (SSSR count). The predicted octanol–water partition coefficient (Wildman–Crippen LogP) is 0.442. The number of carbonyl (C=O) groups is 1. The molecule has 0 aliphatic carbocycles. The zero-order chi connectivity index (χ0) is 12.8. The number of rotatable bonds is 5. The van der Waals surface area contributed by atoms with Crippen LogP contribution in [0.1, 0.15) is 10.6 Å². The molecule has 0 spiro atoms. The number of hydrogen-bond acceptors (Lipinski definition) is 5. The number of nitrogens with zero attached hydrogens (tertiary/aromatic N) is 2. The van der Waals surface area contributed by atoms with Crippen molar-refractivity contribution < 1.29 is 9.53 Å². The molecule has 0 atom stereocenters. The summed E-state index contributed by atoms with van der Waals surface area (Å²) in [4.78, 5) is 19.1. The highest BCUT2D eigenvalue weighted by Crippen LogP contribution is 2.12. The van der Waals surface area contributed by atoms with E-state index in [2.05, 4.69) is 10.3 Å². The lowest BCUT2D eigenvalue weighted by Crippen LogP contribution is -2.47. The Bertz CT molecular complexity index is 388. The topological polar surface area (TPSA) is 54.5 Å². The number of nitrogens with one attached hydrogen (secondary N) is 1. The van der Waals surface area contributed by atoms with Gasteiger partial charge in [-0.05, 0) is 6.92 Å². The van der Waals surface area contributed by atoms with Crippen molar-refractivity contribution in [3.05, 3.63) is 16.1 Å². The van der Waals surface area contributed by atoms with Crippen LogP contribution in [0.4, 0.5) is 0 Å². The number of ether oxygens (including phenoxy) is 1. The predicted molar refractivity (Wildman–Crippen MR) is 70.8 cm³/mol. The Morgan fingerprint density at radius 3 is 3.00 bits per heavy atom. The van der Waals surface area contributed by atoms with E-state index in [0.717, 1.165) is 38.3 Å². The second-order valence-corrected chi connectivity index (χ2v) is 5.23. The molecular weight excluding hydrogens is 250 g/mol. The molecule has 100 valence electrons. The van der Waals surface area contributed by atoms with E-state index in [0.29, 0.717) is 6.61 Å². The van der Waals surface area contributed by atoms with Gasteiger partial charge in [-0.25, -0.2) is 4.98 Å². The van der Waals surface area contributed by atoms with Crippen LogP contribution in [-0.2, 0) is 16.0 Å². The van der Waals surface area contributed by atoms with Gasteiger partial charge in [-0.1, -0.05) is 0 Å². The molecule has 1 N–H and O–H groups in total. The molecule has 1 aliphatic heterocycles. The van der Waals surface area contributed by atoms with E-state index in [-0.39, 0.29) is 12.5 Å². The minimum atomic E-state index is 0.0949. The van der Waals surface area contributed by atoms with E-state index >= 15 is 0 Å². The lowest BCUT2D eigenvalue weighted by molar-refractivity contribution is -0.136. The molecule has 0 unspecified atom stereocenters. The molecule has 6 heteroatoms. The van der Waals surface area contributed by atoms with Gasteiger partial charge >= 0.3 is 0 Å². The molecule has 2 heterocycles. The second kappa shape index (κ2) is 6.82. The standard InChI is InChI=1S/C12H19N3O2S/c1-10-11(18-9-14-10)2-7-17-8-12(16)15-5-3-13-4-6-15/h9,13H,2-8H2,1H3. The molecule has 1 aromatic rings. The molecular formula is C12H19N3O2S. The Kier molecular flexibility index (Phi) is 5.10. The van der Waals surface area contributed by atoms with Crippen LogP contribution < -0.4 is 5.32 Å². The monoisotopic (exact) mass is 269 g/mol. The minimum Gasteiger partial charge on any atom is -0.371 e. The van der Waals surface area contributed by atoms with Gasteiger partial charge < -0.3 is 15.0 Å². The molecule has 0 saturated carbocycles. The Balaban J connectivity index is 1.63. The summed E-state index contributed by atoms with van der Waals surface area (Å²) in [6.45, 7) is 6.11. The van der Waals surface area contributed by atoms with Crippen LogP contribution in [0.3, 0.4) is 0 Å². The van der Waals surface area contributed by atoms with Crippen molar-refractivity contribution in [2.45, 2.75) is 13.3 Å². The number of thiazole rings is 1. The summed E-state index contributed by atoms with van der Waals surface area (Å²) in [6, 6.07) is 0.